The van der Waals surface area contributed by atoms with Crippen molar-refractivity contribution in [3.63, 3.8) is 0 Å². The van der Waals surface area contributed by atoms with Crippen LogP contribution in [0.3, 0.4) is 0 Å². The van der Waals surface area contributed by atoms with E-state index in [0.29, 0.717) is 0 Å². The summed E-state index contributed by atoms with van der Waals surface area (Å²) in [4.78, 5) is 0. The van der Waals surface area contributed by atoms with Gasteiger partial charge >= 0.3 is 0 Å². The van der Waals surface area contributed by atoms with Crippen molar-refractivity contribution in [2.75, 3.05) is 0 Å². The van der Waals surface area contributed by atoms with Crippen LogP contribution in [0.2, 0.25) is 19.1 Å². The maximum Gasteiger partial charge on any atom is 0.185 e. The van der Waals surface area contributed by atoms with Gasteiger partial charge in [-0.3, -0.25) is 0 Å². The molecule has 0 bridgehead atoms. The molecule has 0 saturated carbocycles. The molecular weight excluding hydrogens is 324 g/mol. The minimum absolute atomic E-state index is 0.0806. The largest absolute Gasteiger partial charge is 0.414 e. The molecule has 0 atom stereocenters. The van der Waals surface area contributed by atoms with Gasteiger partial charge in [0, 0.05) is 0 Å². The molecule has 24 heavy (non-hydrogen) atoms. The van der Waals surface area contributed by atoms with Crippen LogP contribution in [0.1, 0.15) is 27.7 Å². The lowest BCUT2D eigenvalue weighted by Gasteiger charge is -2.60. The van der Waals surface area contributed by atoms with Crippen LogP contribution >= 0.6 is 0 Å². The molecule has 2 aromatic rings. The van der Waals surface area contributed by atoms with E-state index in [1.54, 1.807) is 0 Å². The van der Waals surface area contributed by atoms with Gasteiger partial charge in [0.05, 0.1) is 5.60 Å². The highest BCUT2D eigenvalue weighted by atomic mass is 29.3. The van der Waals surface area contributed by atoms with Crippen molar-refractivity contribution in [1.82, 2.24) is 0 Å². The van der Waals surface area contributed by atoms with Crippen molar-refractivity contribution in [2.45, 2.75) is 52.4 Å². The smallest absolute Gasteiger partial charge is 0.185 e. The second-order valence-electron chi connectivity index (χ2n) is 8.82. The summed E-state index contributed by atoms with van der Waals surface area (Å²) in [6.45, 7) is 14.3. The van der Waals surface area contributed by atoms with Crippen molar-refractivity contribution < 1.29 is 4.43 Å². The van der Waals surface area contributed by atoms with Gasteiger partial charge < -0.3 is 4.43 Å². The van der Waals surface area contributed by atoms with Gasteiger partial charge in [-0.15, -0.1) is 0 Å². The third-order valence-corrected chi connectivity index (χ3v) is 22.3. The number of benzene rings is 2. The lowest BCUT2D eigenvalue weighted by Crippen LogP contribution is -2.81. The zero-order valence-corrected chi connectivity index (χ0v) is 17.9. The third-order valence-electron chi connectivity index (χ3n) is 6.41. The zero-order chi connectivity index (χ0) is 17.6. The Balaban J connectivity index is 2.30. The zero-order valence-electron chi connectivity index (χ0n) is 15.9. The summed E-state index contributed by atoms with van der Waals surface area (Å²) >= 11 is 0. The van der Waals surface area contributed by atoms with Crippen LogP contribution in [0, 0.1) is 5.41 Å². The van der Waals surface area contributed by atoms with Crippen molar-refractivity contribution >= 4 is 25.8 Å². The lowest BCUT2D eigenvalue weighted by molar-refractivity contribution is -0.0120. The molecule has 1 aliphatic rings. The molecule has 1 saturated heterocycles. The first-order valence-electron chi connectivity index (χ1n) is 8.94. The molecule has 0 aliphatic carbocycles. The fourth-order valence-electron chi connectivity index (χ4n) is 4.46. The Morgan fingerprint density at radius 3 is 1.58 bits per heavy atom. The van der Waals surface area contributed by atoms with Crippen LogP contribution < -0.4 is 10.4 Å². The monoisotopic (exact) mass is 354 g/mol. The van der Waals surface area contributed by atoms with E-state index < -0.39 is 15.4 Å². The molecule has 3 rings (SSSR count). The molecule has 0 unspecified atom stereocenters. The molecule has 128 valence electrons. The average Bonchev–Trinajstić information content (AvgIpc) is 2.52. The molecule has 1 heterocycles. The first kappa shape index (κ1) is 17.7. The normalized spacial score (nSPS) is 23.6. The molecule has 0 aromatic heterocycles. The van der Waals surface area contributed by atoms with Crippen LogP contribution in [0.4, 0.5) is 0 Å². The first-order chi connectivity index (χ1) is 11.1. The highest BCUT2D eigenvalue weighted by Crippen LogP contribution is 2.49. The molecule has 1 nitrogen and oxygen atoms in total. The van der Waals surface area contributed by atoms with Crippen molar-refractivity contribution in [2.24, 2.45) is 5.41 Å². The molecular formula is C21H30OSi2. The molecule has 0 amide bonds. The topological polar surface area (TPSA) is 9.23 Å². The van der Waals surface area contributed by atoms with Gasteiger partial charge in [-0.1, -0.05) is 84.9 Å². The lowest BCUT2D eigenvalue weighted by atomic mass is 9.79. The molecule has 0 N–H and O–H groups in total. The number of hydrogen-bond donors (Lipinski definition) is 0. The Morgan fingerprint density at radius 2 is 1.17 bits per heavy atom. The Kier molecular flexibility index (Phi) is 4.18. The molecule has 1 fully saturated rings. The van der Waals surface area contributed by atoms with Gasteiger partial charge in [0.1, 0.15) is 7.59 Å². The standard InChI is InChI=1S/C21H30OSi2/c1-20(2)17-24(18-13-9-7-10-14-18,19-15-11-8-12-16-19)23(5,6)22-21(20,3)4/h7-16H,17H2,1-6H3. The van der Waals surface area contributed by atoms with E-state index in [1.165, 1.54) is 16.4 Å². The molecule has 0 spiro atoms. The minimum atomic E-state index is -1.97. The fourth-order valence-corrected chi connectivity index (χ4v) is 21.1. The SMILES string of the molecule is CC1(C)C[Si](c2ccccc2)(c2ccccc2)[Si](C)(C)OC1(C)C. The van der Waals surface area contributed by atoms with Crippen LogP contribution in [-0.2, 0) is 4.43 Å². The maximum absolute atomic E-state index is 7.00. The van der Waals surface area contributed by atoms with Gasteiger partial charge in [0.25, 0.3) is 0 Å². The molecule has 3 heteroatoms. The van der Waals surface area contributed by atoms with Gasteiger partial charge in [0.2, 0.25) is 0 Å². The molecule has 1 aliphatic heterocycles. The molecule has 0 radical (unpaired) electrons. The number of rotatable bonds is 2. The summed E-state index contributed by atoms with van der Waals surface area (Å²) in [6, 6.07) is 23.7. The Labute approximate surface area is 149 Å². The van der Waals surface area contributed by atoms with Crippen molar-refractivity contribution in [1.29, 1.82) is 0 Å². The summed E-state index contributed by atoms with van der Waals surface area (Å²) < 4.78 is 7.00. The van der Waals surface area contributed by atoms with E-state index in [0.717, 1.165) is 0 Å². The van der Waals surface area contributed by atoms with Crippen LogP contribution in [0.15, 0.2) is 60.7 Å². The Bertz CT molecular complexity index is 666. The predicted molar refractivity (Wildman–Crippen MR) is 109 cm³/mol. The van der Waals surface area contributed by atoms with Gasteiger partial charge in [-0.25, -0.2) is 0 Å². The second kappa shape index (κ2) is 5.68. The third kappa shape index (κ3) is 2.54. The summed E-state index contributed by atoms with van der Waals surface area (Å²) in [5.74, 6) is 0. The van der Waals surface area contributed by atoms with Gasteiger partial charge in [0.15, 0.2) is 7.83 Å². The molecule has 2 aromatic carbocycles. The van der Waals surface area contributed by atoms with Crippen LogP contribution in [0.25, 0.3) is 0 Å². The van der Waals surface area contributed by atoms with E-state index in [4.69, 9.17) is 4.43 Å². The fraction of sp³-hybridized carbons (Fsp3) is 0.429. The van der Waals surface area contributed by atoms with E-state index in [2.05, 4.69) is 101 Å². The summed E-state index contributed by atoms with van der Waals surface area (Å²) in [6.07, 6.45) is 0. The highest BCUT2D eigenvalue weighted by Gasteiger charge is 2.63. The van der Waals surface area contributed by atoms with E-state index in [-0.39, 0.29) is 11.0 Å². The van der Waals surface area contributed by atoms with Gasteiger partial charge in [-0.2, -0.15) is 0 Å². The Hall–Kier alpha value is -1.17. The first-order valence-corrected chi connectivity index (χ1v) is 15.1. The highest BCUT2D eigenvalue weighted by molar-refractivity contribution is 7.49. The van der Waals surface area contributed by atoms with E-state index >= 15 is 0 Å². The van der Waals surface area contributed by atoms with Crippen LogP contribution in [-0.4, -0.2) is 21.0 Å². The summed E-state index contributed by atoms with van der Waals surface area (Å²) in [5.41, 5.74) is 0.0657. The van der Waals surface area contributed by atoms with Gasteiger partial charge in [-0.05, 0) is 38.4 Å². The van der Waals surface area contributed by atoms with Crippen LogP contribution in [0.5, 0.6) is 0 Å². The van der Waals surface area contributed by atoms with E-state index in [1.807, 2.05) is 0 Å². The predicted octanol–water partition coefficient (Wildman–Crippen LogP) is 4.37. The minimum Gasteiger partial charge on any atom is -0.414 e. The van der Waals surface area contributed by atoms with E-state index in [9.17, 15) is 0 Å². The second-order valence-corrected chi connectivity index (χ2v) is 21.5. The van der Waals surface area contributed by atoms with Crippen molar-refractivity contribution in [3.05, 3.63) is 60.7 Å². The Morgan fingerprint density at radius 1 is 0.750 bits per heavy atom. The van der Waals surface area contributed by atoms with Crippen molar-refractivity contribution in [3.8, 4) is 0 Å². The number of hydrogen-bond acceptors (Lipinski definition) is 1. The summed E-state index contributed by atoms with van der Waals surface area (Å²) in [5, 5.41) is 3.08. The quantitative estimate of drug-likeness (QED) is 0.728. The maximum atomic E-state index is 7.00. The summed E-state index contributed by atoms with van der Waals surface area (Å²) in [7, 11) is -3.91. The average molecular weight is 355 g/mol.